The third-order valence-corrected chi connectivity index (χ3v) is 4.01. The van der Waals surface area contributed by atoms with Gasteiger partial charge in [0.05, 0.1) is 0 Å². The van der Waals surface area contributed by atoms with Crippen molar-refractivity contribution in [3.05, 3.63) is 34.3 Å². The zero-order valence-electron chi connectivity index (χ0n) is 10.4. The molecule has 1 heterocycles. The summed E-state index contributed by atoms with van der Waals surface area (Å²) in [6.07, 6.45) is 0. The Kier molecular flexibility index (Phi) is 4.56. The van der Waals surface area contributed by atoms with Crippen LogP contribution in [-0.2, 0) is 0 Å². The normalized spacial score (nSPS) is 23.6. The SMILES string of the molecule is CNC(c1ccc(Br)cc1)C1CNCCN1C. The van der Waals surface area contributed by atoms with Crippen molar-refractivity contribution < 1.29 is 0 Å². The van der Waals surface area contributed by atoms with Gasteiger partial charge >= 0.3 is 0 Å². The Hall–Kier alpha value is -0.420. The maximum absolute atomic E-state index is 3.48. The van der Waals surface area contributed by atoms with Gasteiger partial charge in [-0.1, -0.05) is 28.1 Å². The number of benzene rings is 1. The average Bonchev–Trinajstić information content (AvgIpc) is 2.35. The predicted molar refractivity (Wildman–Crippen MR) is 75.2 cm³/mol. The molecule has 2 N–H and O–H groups in total. The molecule has 1 aromatic rings. The van der Waals surface area contributed by atoms with Gasteiger partial charge in [0, 0.05) is 36.2 Å². The third kappa shape index (κ3) is 3.07. The van der Waals surface area contributed by atoms with E-state index in [4.69, 9.17) is 0 Å². The lowest BCUT2D eigenvalue weighted by molar-refractivity contribution is 0.162. The second kappa shape index (κ2) is 5.96. The highest BCUT2D eigenvalue weighted by Gasteiger charge is 2.27. The first kappa shape index (κ1) is 13.0. The highest BCUT2D eigenvalue weighted by atomic mass is 79.9. The summed E-state index contributed by atoms with van der Waals surface area (Å²) in [5.74, 6) is 0. The molecule has 0 bridgehead atoms. The number of nitrogens with zero attached hydrogens (tertiary/aromatic N) is 1. The van der Waals surface area contributed by atoms with Crippen LogP contribution in [0.25, 0.3) is 0 Å². The Bertz CT molecular complexity index is 352. The molecule has 0 saturated carbocycles. The monoisotopic (exact) mass is 297 g/mol. The Morgan fingerprint density at radius 3 is 2.71 bits per heavy atom. The van der Waals surface area contributed by atoms with Crippen molar-refractivity contribution in [3.8, 4) is 0 Å². The Morgan fingerprint density at radius 1 is 1.41 bits per heavy atom. The van der Waals surface area contributed by atoms with Gasteiger partial charge in [-0.05, 0) is 31.8 Å². The molecule has 0 radical (unpaired) electrons. The fourth-order valence-corrected chi connectivity index (χ4v) is 2.71. The minimum atomic E-state index is 0.376. The van der Waals surface area contributed by atoms with E-state index in [0.29, 0.717) is 12.1 Å². The summed E-state index contributed by atoms with van der Waals surface area (Å²) in [5, 5.41) is 6.91. The molecular weight excluding hydrogens is 278 g/mol. The Morgan fingerprint density at radius 2 is 2.12 bits per heavy atom. The number of halogens is 1. The summed E-state index contributed by atoms with van der Waals surface area (Å²) in [4.78, 5) is 2.43. The van der Waals surface area contributed by atoms with Gasteiger partial charge < -0.3 is 10.6 Å². The lowest BCUT2D eigenvalue weighted by Crippen LogP contribution is -2.54. The van der Waals surface area contributed by atoms with E-state index >= 15 is 0 Å². The van der Waals surface area contributed by atoms with Crippen molar-refractivity contribution in [2.75, 3.05) is 33.7 Å². The van der Waals surface area contributed by atoms with Crippen LogP contribution in [0.5, 0.6) is 0 Å². The maximum atomic E-state index is 3.48. The molecule has 0 aromatic heterocycles. The number of piperazine rings is 1. The van der Waals surface area contributed by atoms with Gasteiger partial charge in [-0.2, -0.15) is 0 Å². The number of nitrogens with one attached hydrogen (secondary N) is 2. The highest BCUT2D eigenvalue weighted by Crippen LogP contribution is 2.22. The molecule has 3 nitrogen and oxygen atoms in total. The molecule has 0 aliphatic carbocycles. The predicted octanol–water partition coefficient (Wildman–Crippen LogP) is 1.61. The van der Waals surface area contributed by atoms with Crippen LogP contribution >= 0.6 is 15.9 Å². The van der Waals surface area contributed by atoms with Gasteiger partial charge in [-0.15, -0.1) is 0 Å². The largest absolute Gasteiger partial charge is 0.314 e. The smallest absolute Gasteiger partial charge is 0.0488 e. The molecule has 0 amide bonds. The van der Waals surface area contributed by atoms with Crippen LogP contribution in [0.1, 0.15) is 11.6 Å². The van der Waals surface area contributed by atoms with E-state index in [0.717, 1.165) is 24.1 Å². The molecule has 0 spiro atoms. The second-order valence-electron chi connectivity index (χ2n) is 4.57. The van der Waals surface area contributed by atoms with Crippen molar-refractivity contribution in [1.82, 2.24) is 15.5 Å². The maximum Gasteiger partial charge on any atom is 0.0488 e. The first-order valence-electron chi connectivity index (χ1n) is 6.06. The van der Waals surface area contributed by atoms with Gasteiger partial charge in [-0.3, -0.25) is 4.90 Å². The fraction of sp³-hybridized carbons (Fsp3) is 0.538. The zero-order valence-corrected chi connectivity index (χ0v) is 12.0. The summed E-state index contributed by atoms with van der Waals surface area (Å²) >= 11 is 3.48. The van der Waals surface area contributed by atoms with Crippen molar-refractivity contribution >= 4 is 15.9 Å². The Balaban J connectivity index is 2.17. The molecule has 94 valence electrons. The van der Waals surface area contributed by atoms with Gasteiger partial charge in [0.1, 0.15) is 0 Å². The van der Waals surface area contributed by atoms with Gasteiger partial charge in [-0.25, -0.2) is 0 Å². The summed E-state index contributed by atoms with van der Waals surface area (Å²) in [5.41, 5.74) is 1.34. The minimum Gasteiger partial charge on any atom is -0.314 e. The fourth-order valence-electron chi connectivity index (χ4n) is 2.45. The van der Waals surface area contributed by atoms with E-state index in [1.54, 1.807) is 0 Å². The number of likely N-dealkylation sites (N-methyl/N-ethyl adjacent to an activating group) is 2. The molecule has 2 rings (SSSR count). The molecule has 17 heavy (non-hydrogen) atoms. The van der Waals surface area contributed by atoms with E-state index in [1.807, 2.05) is 7.05 Å². The standard InChI is InChI=1S/C13H20BrN3/c1-15-13(10-3-5-11(14)6-4-10)12-9-16-7-8-17(12)2/h3-6,12-13,15-16H,7-9H2,1-2H3. The van der Waals surface area contributed by atoms with Crippen LogP contribution in [0, 0.1) is 0 Å². The van der Waals surface area contributed by atoms with E-state index in [-0.39, 0.29) is 0 Å². The van der Waals surface area contributed by atoms with E-state index < -0.39 is 0 Å². The molecule has 1 saturated heterocycles. The first-order valence-corrected chi connectivity index (χ1v) is 6.85. The van der Waals surface area contributed by atoms with Crippen LogP contribution in [0.4, 0.5) is 0 Å². The van der Waals surface area contributed by atoms with Crippen LogP contribution < -0.4 is 10.6 Å². The van der Waals surface area contributed by atoms with E-state index in [1.165, 1.54) is 5.56 Å². The molecule has 1 aliphatic rings. The molecule has 1 fully saturated rings. The summed E-state index contributed by atoms with van der Waals surface area (Å²) in [6.45, 7) is 3.24. The number of rotatable bonds is 3. The quantitative estimate of drug-likeness (QED) is 0.888. The van der Waals surface area contributed by atoms with Crippen molar-refractivity contribution in [3.63, 3.8) is 0 Å². The average molecular weight is 298 g/mol. The van der Waals surface area contributed by atoms with Gasteiger partial charge in [0.2, 0.25) is 0 Å². The molecule has 2 unspecified atom stereocenters. The van der Waals surface area contributed by atoms with Crippen LogP contribution in [-0.4, -0.2) is 44.7 Å². The van der Waals surface area contributed by atoms with Crippen LogP contribution in [0.15, 0.2) is 28.7 Å². The topological polar surface area (TPSA) is 27.3 Å². The molecule has 2 atom stereocenters. The summed E-state index contributed by atoms with van der Waals surface area (Å²) in [6, 6.07) is 9.48. The number of hydrogen-bond acceptors (Lipinski definition) is 3. The van der Waals surface area contributed by atoms with Gasteiger partial charge in [0.15, 0.2) is 0 Å². The van der Waals surface area contributed by atoms with Crippen LogP contribution in [0.3, 0.4) is 0 Å². The van der Waals surface area contributed by atoms with Crippen molar-refractivity contribution in [2.24, 2.45) is 0 Å². The third-order valence-electron chi connectivity index (χ3n) is 3.49. The number of hydrogen-bond donors (Lipinski definition) is 2. The summed E-state index contributed by atoms with van der Waals surface area (Å²) in [7, 11) is 4.24. The van der Waals surface area contributed by atoms with Crippen molar-refractivity contribution in [1.29, 1.82) is 0 Å². The van der Waals surface area contributed by atoms with Crippen molar-refractivity contribution in [2.45, 2.75) is 12.1 Å². The van der Waals surface area contributed by atoms with E-state index in [2.05, 4.69) is 62.8 Å². The van der Waals surface area contributed by atoms with Crippen LogP contribution in [0.2, 0.25) is 0 Å². The zero-order chi connectivity index (χ0) is 12.3. The van der Waals surface area contributed by atoms with E-state index in [9.17, 15) is 0 Å². The summed E-state index contributed by atoms with van der Waals surface area (Å²) < 4.78 is 1.13. The Labute approximate surface area is 112 Å². The van der Waals surface area contributed by atoms with Gasteiger partial charge in [0.25, 0.3) is 0 Å². The lowest BCUT2D eigenvalue weighted by atomic mass is 9.97. The molecule has 4 heteroatoms. The molecule has 1 aromatic carbocycles. The molecule has 1 aliphatic heterocycles. The molecular formula is C13H20BrN3. The minimum absolute atomic E-state index is 0.376. The highest BCUT2D eigenvalue weighted by molar-refractivity contribution is 9.10. The second-order valence-corrected chi connectivity index (χ2v) is 5.49. The lowest BCUT2D eigenvalue weighted by Gasteiger charge is -2.38. The first-order chi connectivity index (χ1) is 8.22.